The molecule has 0 aliphatic heterocycles. The van der Waals surface area contributed by atoms with Gasteiger partial charge in [0.05, 0.1) is 25.4 Å². The molecule has 1 amide bonds. The van der Waals surface area contributed by atoms with Crippen LogP contribution in [0.15, 0.2) is 24.3 Å². The second kappa shape index (κ2) is 55.9. The lowest BCUT2D eigenvalue weighted by atomic mass is 10.0. The Bertz CT molecular complexity index is 1030. The second-order valence-corrected chi connectivity index (χ2v) is 20.3. The first-order valence-electron chi connectivity index (χ1n) is 29.6. The SMILES string of the molecule is CCCCCC/C=C\CCCCCCCC(=O)OCCCCCCCCCCCC/C=C\CCCCCCCCCC(=O)NC(CO)C(O)CCCCCCCCCCCCCCCCC. The molecule has 390 valence electrons. The molecule has 0 saturated carbocycles. The number of nitrogens with one attached hydrogen (secondary N) is 1. The van der Waals surface area contributed by atoms with Gasteiger partial charge in [-0.15, -0.1) is 0 Å². The summed E-state index contributed by atoms with van der Waals surface area (Å²) in [6, 6.07) is -0.547. The predicted octanol–water partition coefficient (Wildman–Crippen LogP) is 18.2. The first-order valence-corrected chi connectivity index (χ1v) is 29.6. The molecule has 0 rings (SSSR count). The molecule has 0 aromatic heterocycles. The number of esters is 1. The summed E-state index contributed by atoms with van der Waals surface area (Å²) in [7, 11) is 0. The summed E-state index contributed by atoms with van der Waals surface area (Å²) in [5.74, 6) is -0.0423. The zero-order valence-corrected chi connectivity index (χ0v) is 44.4. The van der Waals surface area contributed by atoms with Crippen molar-refractivity contribution in [3.8, 4) is 0 Å². The van der Waals surface area contributed by atoms with Crippen LogP contribution in [0, 0.1) is 0 Å². The van der Waals surface area contributed by atoms with Crippen molar-refractivity contribution in [3.05, 3.63) is 24.3 Å². The number of unbranched alkanes of at least 4 members (excludes halogenated alkanes) is 40. The molecule has 0 aliphatic carbocycles. The van der Waals surface area contributed by atoms with Gasteiger partial charge in [-0.1, -0.05) is 256 Å². The van der Waals surface area contributed by atoms with Crippen molar-refractivity contribution in [1.82, 2.24) is 5.32 Å². The predicted molar refractivity (Wildman–Crippen MR) is 287 cm³/mol. The van der Waals surface area contributed by atoms with Gasteiger partial charge in [0, 0.05) is 12.8 Å². The molecule has 66 heavy (non-hydrogen) atoms. The number of amides is 1. The second-order valence-electron chi connectivity index (χ2n) is 20.3. The van der Waals surface area contributed by atoms with E-state index in [0.717, 1.165) is 44.9 Å². The van der Waals surface area contributed by atoms with Crippen molar-refractivity contribution in [3.63, 3.8) is 0 Å². The first-order chi connectivity index (χ1) is 32.5. The topological polar surface area (TPSA) is 95.9 Å². The molecule has 6 nitrogen and oxygen atoms in total. The Morgan fingerprint density at radius 2 is 0.712 bits per heavy atom. The van der Waals surface area contributed by atoms with E-state index in [-0.39, 0.29) is 18.5 Å². The molecule has 0 radical (unpaired) electrons. The standard InChI is InChI=1S/C60H115NO5/c1-3-5-7-9-11-13-15-17-25-29-32-36-40-44-48-52-58(63)57(56-62)61-59(64)53-49-45-41-37-33-30-26-23-21-19-18-20-22-24-27-31-35-39-43-47-51-55-66-60(65)54-50-46-42-38-34-28-16-14-12-10-8-6-4-2/h14,16,19,21,57-58,62-63H,3-13,15,17-18,20,22-56H2,1-2H3,(H,61,64)/b16-14-,21-19-. The third-order valence-corrected chi connectivity index (χ3v) is 13.7. The van der Waals surface area contributed by atoms with Crippen LogP contribution in [-0.4, -0.2) is 47.4 Å². The van der Waals surface area contributed by atoms with Crippen molar-refractivity contribution in [2.24, 2.45) is 0 Å². The quantitative estimate of drug-likeness (QED) is 0.0321. The van der Waals surface area contributed by atoms with Gasteiger partial charge in [0.2, 0.25) is 5.91 Å². The van der Waals surface area contributed by atoms with Gasteiger partial charge >= 0.3 is 5.97 Å². The van der Waals surface area contributed by atoms with Crippen molar-refractivity contribution in [1.29, 1.82) is 0 Å². The molecule has 3 N–H and O–H groups in total. The number of hydrogen-bond donors (Lipinski definition) is 3. The smallest absolute Gasteiger partial charge is 0.305 e. The molecule has 0 fully saturated rings. The number of aliphatic hydroxyl groups excluding tert-OH is 2. The highest BCUT2D eigenvalue weighted by atomic mass is 16.5. The van der Waals surface area contributed by atoms with Gasteiger partial charge in [-0.25, -0.2) is 0 Å². The van der Waals surface area contributed by atoms with E-state index >= 15 is 0 Å². The van der Waals surface area contributed by atoms with Crippen LogP contribution in [0.5, 0.6) is 0 Å². The monoisotopic (exact) mass is 930 g/mol. The minimum absolute atomic E-state index is 0.000863. The Kier molecular flexibility index (Phi) is 54.5. The number of hydrogen-bond acceptors (Lipinski definition) is 5. The Hall–Kier alpha value is -1.66. The highest BCUT2D eigenvalue weighted by molar-refractivity contribution is 5.76. The van der Waals surface area contributed by atoms with Crippen molar-refractivity contribution >= 4 is 11.9 Å². The highest BCUT2D eigenvalue weighted by Gasteiger charge is 2.20. The molecule has 0 heterocycles. The van der Waals surface area contributed by atoms with E-state index in [1.165, 1.54) is 244 Å². The summed E-state index contributed by atoms with van der Waals surface area (Å²) < 4.78 is 5.47. The van der Waals surface area contributed by atoms with Crippen LogP contribution in [0.1, 0.15) is 322 Å². The minimum atomic E-state index is -0.669. The Morgan fingerprint density at radius 3 is 1.09 bits per heavy atom. The van der Waals surface area contributed by atoms with Crippen molar-refractivity contribution in [2.45, 2.75) is 334 Å². The number of carbonyl (C=O) groups excluding carboxylic acids is 2. The normalized spacial score (nSPS) is 12.7. The van der Waals surface area contributed by atoms with Crippen LogP contribution in [0.2, 0.25) is 0 Å². The van der Waals surface area contributed by atoms with Gasteiger partial charge in [-0.3, -0.25) is 9.59 Å². The Morgan fingerprint density at radius 1 is 0.409 bits per heavy atom. The summed E-state index contributed by atoms with van der Waals surface area (Å²) >= 11 is 0. The highest BCUT2D eigenvalue weighted by Crippen LogP contribution is 2.17. The van der Waals surface area contributed by atoms with Crippen LogP contribution in [0.3, 0.4) is 0 Å². The van der Waals surface area contributed by atoms with Crippen LogP contribution >= 0.6 is 0 Å². The van der Waals surface area contributed by atoms with Crippen LogP contribution in [0.4, 0.5) is 0 Å². The lowest BCUT2D eigenvalue weighted by Crippen LogP contribution is -2.45. The number of allylic oxidation sites excluding steroid dienone is 4. The maximum Gasteiger partial charge on any atom is 0.305 e. The molecule has 0 saturated heterocycles. The fourth-order valence-corrected chi connectivity index (χ4v) is 9.16. The fraction of sp³-hybridized carbons (Fsp3) is 0.900. The third-order valence-electron chi connectivity index (χ3n) is 13.7. The Balaban J connectivity index is 3.43. The molecule has 0 aromatic carbocycles. The molecule has 0 spiro atoms. The zero-order chi connectivity index (χ0) is 47.9. The van der Waals surface area contributed by atoms with Gasteiger partial charge in [-0.2, -0.15) is 0 Å². The Labute approximate surface area is 411 Å². The molecule has 0 aliphatic rings. The van der Waals surface area contributed by atoms with Crippen molar-refractivity contribution < 1.29 is 24.5 Å². The number of carbonyl (C=O) groups is 2. The largest absolute Gasteiger partial charge is 0.466 e. The molecule has 6 heteroatoms. The maximum absolute atomic E-state index is 12.5. The third kappa shape index (κ3) is 51.7. The summed E-state index contributed by atoms with van der Waals surface area (Å²) in [6.45, 7) is 4.94. The molecule has 2 unspecified atom stereocenters. The van der Waals surface area contributed by atoms with Gasteiger partial charge in [0.15, 0.2) is 0 Å². The van der Waals surface area contributed by atoms with Crippen LogP contribution < -0.4 is 5.32 Å². The maximum atomic E-state index is 12.5. The van der Waals surface area contributed by atoms with E-state index < -0.39 is 12.1 Å². The molecular formula is C60H115NO5. The fourth-order valence-electron chi connectivity index (χ4n) is 9.16. The van der Waals surface area contributed by atoms with E-state index in [9.17, 15) is 19.8 Å². The summed E-state index contributed by atoms with van der Waals surface area (Å²) in [5.41, 5.74) is 0. The number of aliphatic hydroxyl groups is 2. The van der Waals surface area contributed by atoms with E-state index in [2.05, 4.69) is 43.5 Å². The average molecular weight is 931 g/mol. The van der Waals surface area contributed by atoms with E-state index in [0.29, 0.717) is 25.9 Å². The van der Waals surface area contributed by atoms with Gasteiger partial charge in [0.1, 0.15) is 0 Å². The van der Waals surface area contributed by atoms with Gasteiger partial charge in [0.25, 0.3) is 0 Å². The molecular weight excluding hydrogens is 815 g/mol. The average Bonchev–Trinajstić information content (AvgIpc) is 3.32. The van der Waals surface area contributed by atoms with Crippen molar-refractivity contribution in [2.75, 3.05) is 13.2 Å². The summed E-state index contributed by atoms with van der Waals surface area (Å²) in [5, 5.41) is 23.3. The van der Waals surface area contributed by atoms with E-state index in [1.807, 2.05) is 0 Å². The summed E-state index contributed by atoms with van der Waals surface area (Å²) in [4.78, 5) is 24.5. The molecule has 0 aromatic rings. The lowest BCUT2D eigenvalue weighted by Gasteiger charge is -2.22. The number of rotatable bonds is 55. The minimum Gasteiger partial charge on any atom is -0.466 e. The lowest BCUT2D eigenvalue weighted by molar-refractivity contribution is -0.143. The molecule has 0 bridgehead atoms. The molecule has 2 atom stereocenters. The van der Waals surface area contributed by atoms with E-state index in [1.54, 1.807) is 0 Å². The number of ether oxygens (including phenoxy) is 1. The zero-order valence-electron chi connectivity index (χ0n) is 44.4. The van der Waals surface area contributed by atoms with E-state index in [4.69, 9.17) is 4.74 Å². The van der Waals surface area contributed by atoms with Gasteiger partial charge in [-0.05, 0) is 77.0 Å². The first kappa shape index (κ1) is 64.3. The summed E-state index contributed by atoms with van der Waals surface area (Å²) in [6.07, 6.45) is 67.4. The van der Waals surface area contributed by atoms with Gasteiger partial charge < -0.3 is 20.3 Å². The van der Waals surface area contributed by atoms with Crippen LogP contribution in [-0.2, 0) is 14.3 Å². The van der Waals surface area contributed by atoms with Crippen LogP contribution in [0.25, 0.3) is 0 Å².